The zero-order chi connectivity index (χ0) is 14.6. The molecule has 1 rings (SSSR count). The number of carbonyl (C=O) groups excluding carboxylic acids is 1. The second kappa shape index (κ2) is 6.63. The Morgan fingerprint density at radius 1 is 1.47 bits per heavy atom. The first kappa shape index (κ1) is 15.6. The van der Waals surface area contributed by atoms with Crippen LogP contribution in [0.15, 0.2) is 22.7 Å². The van der Waals surface area contributed by atoms with Crippen LogP contribution in [-0.2, 0) is 4.74 Å². The van der Waals surface area contributed by atoms with Crippen LogP contribution in [0.4, 0.5) is 5.69 Å². The normalized spacial score (nSPS) is 13.7. The van der Waals surface area contributed by atoms with Crippen LogP contribution in [-0.4, -0.2) is 30.1 Å². The summed E-state index contributed by atoms with van der Waals surface area (Å²) >= 11 is 3.16. The number of nitrogens with zero attached hydrogens (tertiary/aromatic N) is 1. The second-order valence-electron chi connectivity index (χ2n) is 4.12. The number of carbonyl (C=O) groups is 1. The lowest BCUT2D eigenvalue weighted by molar-refractivity contribution is -0.384. The predicted octanol–water partition coefficient (Wildman–Crippen LogP) is 2.51. The van der Waals surface area contributed by atoms with Crippen LogP contribution < -0.4 is 5.32 Å². The molecule has 2 atom stereocenters. The number of non-ortho nitro benzene ring substituents is 1. The van der Waals surface area contributed by atoms with Crippen molar-refractivity contribution in [2.75, 3.05) is 7.11 Å². The third kappa shape index (κ3) is 4.00. The lowest BCUT2D eigenvalue weighted by atomic mass is 10.1. The first-order valence-corrected chi connectivity index (χ1v) is 6.43. The minimum absolute atomic E-state index is 0.0678. The molecule has 104 valence electrons. The van der Waals surface area contributed by atoms with E-state index in [2.05, 4.69) is 21.2 Å². The summed E-state index contributed by atoms with van der Waals surface area (Å²) in [6.45, 7) is 3.67. The van der Waals surface area contributed by atoms with E-state index in [1.54, 1.807) is 7.11 Å². The van der Waals surface area contributed by atoms with Gasteiger partial charge in [-0.1, -0.05) is 0 Å². The van der Waals surface area contributed by atoms with E-state index in [4.69, 9.17) is 4.74 Å². The van der Waals surface area contributed by atoms with Crippen LogP contribution >= 0.6 is 15.9 Å². The van der Waals surface area contributed by atoms with Gasteiger partial charge in [-0.05, 0) is 35.8 Å². The van der Waals surface area contributed by atoms with Gasteiger partial charge >= 0.3 is 0 Å². The lowest BCUT2D eigenvalue weighted by Crippen LogP contribution is -2.40. The molecule has 6 nitrogen and oxygen atoms in total. The van der Waals surface area contributed by atoms with E-state index < -0.39 is 4.92 Å². The lowest BCUT2D eigenvalue weighted by Gasteiger charge is -2.20. The maximum absolute atomic E-state index is 12.0. The second-order valence-corrected chi connectivity index (χ2v) is 4.98. The number of ether oxygens (including phenoxy) is 1. The molecule has 0 aliphatic carbocycles. The molecule has 7 heteroatoms. The molecule has 1 amide bonds. The van der Waals surface area contributed by atoms with Crippen LogP contribution in [0.3, 0.4) is 0 Å². The number of hydrogen-bond donors (Lipinski definition) is 1. The number of halogens is 1. The van der Waals surface area contributed by atoms with Crippen molar-refractivity contribution in [3.63, 3.8) is 0 Å². The van der Waals surface area contributed by atoms with Crippen LogP contribution in [0, 0.1) is 10.1 Å². The van der Waals surface area contributed by atoms with Gasteiger partial charge in [-0.2, -0.15) is 0 Å². The third-order valence-electron chi connectivity index (χ3n) is 2.84. The highest BCUT2D eigenvalue weighted by molar-refractivity contribution is 9.10. The Kier molecular flexibility index (Phi) is 5.44. The van der Waals surface area contributed by atoms with Gasteiger partial charge in [0, 0.05) is 23.7 Å². The van der Waals surface area contributed by atoms with E-state index >= 15 is 0 Å². The molecule has 19 heavy (non-hydrogen) atoms. The van der Waals surface area contributed by atoms with E-state index in [1.165, 1.54) is 18.2 Å². The topological polar surface area (TPSA) is 81.5 Å². The molecule has 0 spiro atoms. The molecule has 1 aromatic rings. The van der Waals surface area contributed by atoms with Gasteiger partial charge in [0.25, 0.3) is 11.6 Å². The molecule has 0 fully saturated rings. The summed E-state index contributed by atoms with van der Waals surface area (Å²) in [7, 11) is 1.56. The van der Waals surface area contributed by atoms with Gasteiger partial charge in [0.15, 0.2) is 0 Å². The van der Waals surface area contributed by atoms with E-state index in [0.717, 1.165) is 0 Å². The standard InChI is InChI=1S/C12H15BrN2O4/c1-7(8(2)19-3)14-12(16)10-5-4-9(15(17)18)6-11(10)13/h4-8H,1-3H3,(H,14,16)/t7-,8?/m0/s1. The summed E-state index contributed by atoms with van der Waals surface area (Å²) < 4.78 is 5.50. The van der Waals surface area contributed by atoms with Gasteiger partial charge in [0.2, 0.25) is 0 Å². The van der Waals surface area contributed by atoms with E-state index in [0.29, 0.717) is 10.0 Å². The maximum Gasteiger partial charge on any atom is 0.270 e. The largest absolute Gasteiger partial charge is 0.380 e. The molecule has 1 aromatic carbocycles. The monoisotopic (exact) mass is 330 g/mol. The van der Waals surface area contributed by atoms with Crippen molar-refractivity contribution >= 4 is 27.5 Å². The molecule has 0 aliphatic heterocycles. The summed E-state index contributed by atoms with van der Waals surface area (Å²) in [6.07, 6.45) is -0.124. The molecule has 0 saturated heterocycles. The maximum atomic E-state index is 12.0. The zero-order valence-electron chi connectivity index (χ0n) is 10.8. The van der Waals surface area contributed by atoms with Gasteiger partial charge in [-0.3, -0.25) is 14.9 Å². The number of benzene rings is 1. The SMILES string of the molecule is COC(C)[C@H](C)NC(=O)c1ccc([N+](=O)[O-])cc1Br. The third-order valence-corrected chi connectivity index (χ3v) is 3.50. The van der Waals surface area contributed by atoms with Crippen LogP contribution in [0.2, 0.25) is 0 Å². The van der Waals surface area contributed by atoms with Crippen molar-refractivity contribution in [1.82, 2.24) is 5.32 Å². The Bertz CT molecular complexity index is 493. The van der Waals surface area contributed by atoms with Crippen molar-refractivity contribution in [1.29, 1.82) is 0 Å². The van der Waals surface area contributed by atoms with Gasteiger partial charge in [-0.25, -0.2) is 0 Å². The number of amides is 1. The quantitative estimate of drug-likeness (QED) is 0.664. The van der Waals surface area contributed by atoms with Crippen molar-refractivity contribution in [3.05, 3.63) is 38.3 Å². The Balaban J connectivity index is 2.86. The van der Waals surface area contributed by atoms with Crippen LogP contribution in [0.25, 0.3) is 0 Å². The van der Waals surface area contributed by atoms with E-state index in [-0.39, 0.29) is 23.7 Å². The summed E-state index contributed by atoms with van der Waals surface area (Å²) in [6, 6.07) is 3.85. The molecule has 0 heterocycles. The highest BCUT2D eigenvalue weighted by atomic mass is 79.9. The number of methoxy groups -OCH3 is 1. The smallest absolute Gasteiger partial charge is 0.270 e. The van der Waals surface area contributed by atoms with Crippen molar-refractivity contribution in [3.8, 4) is 0 Å². The summed E-state index contributed by atoms with van der Waals surface area (Å²) in [5, 5.41) is 13.4. The fourth-order valence-electron chi connectivity index (χ4n) is 1.41. The van der Waals surface area contributed by atoms with Gasteiger partial charge < -0.3 is 10.1 Å². The van der Waals surface area contributed by atoms with Crippen LogP contribution in [0.1, 0.15) is 24.2 Å². The summed E-state index contributed by atoms with van der Waals surface area (Å²) in [5.74, 6) is -0.307. The molecule has 0 aromatic heterocycles. The number of rotatable bonds is 5. The summed E-state index contributed by atoms with van der Waals surface area (Å²) in [4.78, 5) is 22.1. The highest BCUT2D eigenvalue weighted by Crippen LogP contribution is 2.23. The molecule has 0 aliphatic rings. The van der Waals surface area contributed by atoms with Gasteiger partial charge in [0.05, 0.1) is 22.6 Å². The zero-order valence-corrected chi connectivity index (χ0v) is 12.4. The Morgan fingerprint density at radius 3 is 2.58 bits per heavy atom. The van der Waals surface area contributed by atoms with Gasteiger partial charge in [-0.15, -0.1) is 0 Å². The summed E-state index contributed by atoms with van der Waals surface area (Å²) in [5.41, 5.74) is 0.280. The van der Waals surface area contributed by atoms with Crippen molar-refractivity contribution in [2.45, 2.75) is 26.0 Å². The van der Waals surface area contributed by atoms with Gasteiger partial charge in [0.1, 0.15) is 0 Å². The number of nitro benzene ring substituents is 1. The first-order chi connectivity index (χ1) is 8.86. The van der Waals surface area contributed by atoms with Crippen LogP contribution in [0.5, 0.6) is 0 Å². The predicted molar refractivity (Wildman–Crippen MR) is 74.2 cm³/mol. The first-order valence-electron chi connectivity index (χ1n) is 5.64. The van der Waals surface area contributed by atoms with Crippen molar-refractivity contribution < 1.29 is 14.5 Å². The average Bonchev–Trinajstić information content (AvgIpc) is 2.37. The Hall–Kier alpha value is -1.47. The molecule has 1 N–H and O–H groups in total. The number of nitrogens with one attached hydrogen (secondary N) is 1. The van der Waals surface area contributed by atoms with E-state index in [9.17, 15) is 14.9 Å². The fourth-order valence-corrected chi connectivity index (χ4v) is 1.95. The Morgan fingerprint density at radius 2 is 2.11 bits per heavy atom. The minimum atomic E-state index is -0.512. The minimum Gasteiger partial charge on any atom is -0.380 e. The number of nitro groups is 1. The molecule has 0 saturated carbocycles. The molecular formula is C12H15BrN2O4. The fraction of sp³-hybridized carbons (Fsp3) is 0.417. The van der Waals surface area contributed by atoms with Crippen molar-refractivity contribution in [2.24, 2.45) is 0 Å². The molecule has 1 unspecified atom stereocenters. The Labute approximate surface area is 119 Å². The highest BCUT2D eigenvalue weighted by Gasteiger charge is 2.18. The molecule has 0 radical (unpaired) electrons. The average molecular weight is 331 g/mol. The van der Waals surface area contributed by atoms with E-state index in [1.807, 2.05) is 13.8 Å². The molecule has 0 bridgehead atoms. The molecular weight excluding hydrogens is 316 g/mol. The number of hydrogen-bond acceptors (Lipinski definition) is 4.